The van der Waals surface area contributed by atoms with Gasteiger partial charge in [-0.15, -0.1) is 17.6 Å². The standard InChI is InChI=1S/C13H16F3.C2H3F3.CF4.CH2F2O.2CH2F2.7CH4.Y/c1-2-11(9-6-10-13(14,15)16)12-7-4-3-5-8-12;1-2(3,4)5;2-1(3,4)5;2-1-4-3;2*2-1-3;;;;;;;;/h4-5,7-8,11H,2,6,9-10H2,1H3;1H3;;1H2;2*1H2;7*1H4;/q-1;;;;;;;;;;;;;. The van der Waals surface area contributed by atoms with Gasteiger partial charge in [-0.2, -0.15) is 67.2 Å². The summed E-state index contributed by atoms with van der Waals surface area (Å²) in [4.78, 5) is 2.38. The van der Waals surface area contributed by atoms with Gasteiger partial charge in [0.2, 0.25) is 20.7 Å². The van der Waals surface area contributed by atoms with Crippen LogP contribution in [0.25, 0.3) is 0 Å². The van der Waals surface area contributed by atoms with Gasteiger partial charge >= 0.3 is 18.8 Å². The number of rotatable bonds is 6. The largest absolute Gasteiger partial charge is 0.559 e. The molecule has 0 N–H and O–H groups in total. The number of benzene rings is 1. The topological polar surface area (TPSA) is 9.23 Å². The molecular formula is C26H53F16OY-. The van der Waals surface area contributed by atoms with Crippen LogP contribution < -0.4 is 0 Å². The Labute approximate surface area is 280 Å². The van der Waals surface area contributed by atoms with E-state index < -0.39 is 45.9 Å². The molecule has 0 saturated heterocycles. The second-order valence-electron chi connectivity index (χ2n) is 5.58. The first-order valence-electron chi connectivity index (χ1n) is 9.16. The number of halogens is 16. The van der Waals surface area contributed by atoms with Gasteiger partial charge in [-0.3, -0.25) is 0 Å². The van der Waals surface area contributed by atoms with E-state index in [2.05, 4.69) is 11.0 Å². The van der Waals surface area contributed by atoms with Crippen LogP contribution in [0, 0.1) is 6.07 Å². The molecule has 0 amide bonds. The van der Waals surface area contributed by atoms with E-state index in [0.29, 0.717) is 6.42 Å². The van der Waals surface area contributed by atoms with Crippen molar-refractivity contribution in [3.8, 4) is 0 Å². The predicted octanol–water partition coefficient (Wildman–Crippen LogP) is 14.8. The van der Waals surface area contributed by atoms with Crippen molar-refractivity contribution in [1.29, 1.82) is 0 Å². The molecule has 0 aliphatic heterocycles. The van der Waals surface area contributed by atoms with Crippen molar-refractivity contribution in [2.24, 2.45) is 0 Å². The van der Waals surface area contributed by atoms with E-state index in [1.54, 1.807) is 0 Å². The van der Waals surface area contributed by atoms with Gasteiger partial charge in [0.25, 0.3) is 0 Å². The van der Waals surface area contributed by atoms with Gasteiger partial charge in [0.15, 0.2) is 0 Å². The first-order chi connectivity index (χ1) is 16.3. The first-order valence-corrected chi connectivity index (χ1v) is 9.16. The van der Waals surface area contributed by atoms with E-state index in [1.807, 2.05) is 31.2 Å². The summed E-state index contributed by atoms with van der Waals surface area (Å²) >= 11 is 0. The minimum absolute atomic E-state index is 0. The molecule has 1 nitrogen and oxygen atoms in total. The van der Waals surface area contributed by atoms with Crippen LogP contribution in [0.2, 0.25) is 0 Å². The average molecular weight is 775 g/mol. The van der Waals surface area contributed by atoms with Crippen LogP contribution in [0.15, 0.2) is 24.3 Å². The summed E-state index contributed by atoms with van der Waals surface area (Å²) in [5.41, 5.74) is 1.11. The van der Waals surface area contributed by atoms with E-state index in [-0.39, 0.29) is 104 Å². The molecule has 1 atom stereocenters. The maximum Gasteiger partial charge on any atom is 0.559 e. The molecule has 0 fully saturated rings. The number of hydrogen-bond acceptors (Lipinski definition) is 1. The number of hydrogen-bond donors (Lipinski definition) is 0. The molecule has 279 valence electrons. The zero-order valence-corrected chi connectivity index (χ0v) is 22.2. The smallest absolute Gasteiger partial charge is 0.216 e. The molecule has 0 bridgehead atoms. The molecule has 1 rings (SSSR count). The normalized spacial score (nSPS) is 9.23. The van der Waals surface area contributed by atoms with E-state index in [0.717, 1.165) is 12.0 Å². The molecule has 0 aromatic heterocycles. The SMILES string of the molecule is C.C.C.C.C.C.C.CC(F)(F)F.CCC(CCCC(F)(F)F)c1cc[c-]cc1.FC(F)(F)F.FCF.FCF.FCOF.[Y]. The Hall–Kier alpha value is -0.836. The molecule has 1 unspecified atom stereocenters. The fourth-order valence-electron chi connectivity index (χ4n) is 1.83. The van der Waals surface area contributed by atoms with E-state index in [4.69, 9.17) is 0 Å². The Morgan fingerprint density at radius 2 is 0.955 bits per heavy atom. The summed E-state index contributed by atoms with van der Waals surface area (Å²) in [7, 11) is 0. The molecule has 1 aromatic rings. The van der Waals surface area contributed by atoms with Crippen molar-refractivity contribution in [1.82, 2.24) is 0 Å². The van der Waals surface area contributed by atoms with Crippen LogP contribution in [0.1, 0.15) is 103 Å². The van der Waals surface area contributed by atoms with Gasteiger partial charge < -0.3 is 0 Å². The second-order valence-corrected chi connectivity index (χ2v) is 5.58. The van der Waals surface area contributed by atoms with Crippen molar-refractivity contribution in [3.05, 3.63) is 35.9 Å². The van der Waals surface area contributed by atoms with Crippen molar-refractivity contribution in [2.45, 2.75) is 116 Å². The van der Waals surface area contributed by atoms with Crippen LogP contribution in [0.5, 0.6) is 0 Å². The Kier molecular flexibility index (Phi) is 105. The molecule has 1 aromatic carbocycles. The molecule has 1 radical (unpaired) electrons. The maximum absolute atomic E-state index is 12.0. The second kappa shape index (κ2) is 54.6. The summed E-state index contributed by atoms with van der Waals surface area (Å²) in [6.45, 7) is -2.65. The zero-order chi connectivity index (χ0) is 29.8. The van der Waals surface area contributed by atoms with Gasteiger partial charge in [-0.1, -0.05) is 65.3 Å². The Morgan fingerprint density at radius 1 is 0.705 bits per heavy atom. The van der Waals surface area contributed by atoms with Crippen molar-refractivity contribution in [3.63, 3.8) is 0 Å². The van der Waals surface area contributed by atoms with Gasteiger partial charge in [0.05, 0.1) is 0 Å². The van der Waals surface area contributed by atoms with Crippen LogP contribution in [-0.4, -0.2) is 39.5 Å². The van der Waals surface area contributed by atoms with Gasteiger partial charge in [0, 0.05) is 46.1 Å². The predicted molar refractivity (Wildman–Crippen MR) is 147 cm³/mol. The van der Waals surface area contributed by atoms with Crippen LogP contribution in [0.4, 0.5) is 70.4 Å². The van der Waals surface area contributed by atoms with Crippen LogP contribution in [-0.2, 0) is 37.7 Å². The number of alkyl halides is 15. The third-order valence-electron chi connectivity index (χ3n) is 2.76. The average Bonchev–Trinajstić information content (AvgIpc) is 2.70. The fourth-order valence-corrected chi connectivity index (χ4v) is 1.83. The minimum Gasteiger partial charge on any atom is -0.216 e. The molecule has 18 heteroatoms. The van der Waals surface area contributed by atoms with Crippen LogP contribution >= 0.6 is 0 Å². The van der Waals surface area contributed by atoms with Crippen molar-refractivity contribution in [2.75, 3.05) is 20.7 Å². The van der Waals surface area contributed by atoms with Gasteiger partial charge in [-0.25, -0.2) is 22.0 Å². The quantitative estimate of drug-likeness (QED) is 0.207. The Bertz CT molecular complexity index is 502. The molecule has 0 spiro atoms. The molecule has 0 aliphatic carbocycles. The summed E-state index contributed by atoms with van der Waals surface area (Å²) in [6, 6.07) is 10.4. The van der Waals surface area contributed by atoms with Crippen molar-refractivity contribution >= 4 is 0 Å². The van der Waals surface area contributed by atoms with Gasteiger partial charge in [-0.05, 0) is 23.3 Å². The zero-order valence-electron chi connectivity index (χ0n) is 19.4. The van der Waals surface area contributed by atoms with Crippen LogP contribution in [0.3, 0.4) is 0 Å². The minimum atomic E-state index is -5.50. The van der Waals surface area contributed by atoms with Crippen molar-refractivity contribution < 1.29 is 108 Å². The first kappa shape index (κ1) is 84.3. The summed E-state index contributed by atoms with van der Waals surface area (Å²) < 4.78 is 164. The third kappa shape index (κ3) is 148. The Morgan fingerprint density at radius 3 is 1.14 bits per heavy atom. The summed E-state index contributed by atoms with van der Waals surface area (Å²) in [5, 5.41) is 0. The summed E-state index contributed by atoms with van der Waals surface area (Å²) in [5.74, 6) is 0.233. The van der Waals surface area contributed by atoms with E-state index in [9.17, 15) is 70.4 Å². The summed E-state index contributed by atoms with van der Waals surface area (Å²) in [6.07, 6.45) is -12.5. The fraction of sp³-hybridized carbons (Fsp3) is 0.769. The maximum atomic E-state index is 12.0. The molecule has 44 heavy (non-hydrogen) atoms. The Balaban J connectivity index is -0.0000000267. The molecule has 0 saturated carbocycles. The van der Waals surface area contributed by atoms with E-state index >= 15 is 0 Å². The molecular weight excluding hydrogens is 721 g/mol. The van der Waals surface area contributed by atoms with Gasteiger partial charge in [0.1, 0.15) is 0 Å². The van der Waals surface area contributed by atoms with E-state index in [1.165, 1.54) is 0 Å². The monoisotopic (exact) mass is 774 g/mol. The molecule has 0 aliphatic rings. The third-order valence-corrected chi connectivity index (χ3v) is 2.76. The molecule has 0 heterocycles.